The van der Waals surface area contributed by atoms with Gasteiger partial charge in [0.2, 0.25) is 0 Å². The van der Waals surface area contributed by atoms with Gasteiger partial charge in [-0.15, -0.1) is 0 Å². The van der Waals surface area contributed by atoms with Crippen LogP contribution in [0.5, 0.6) is 0 Å². The second-order valence-corrected chi connectivity index (χ2v) is 3.98. The minimum atomic E-state index is 1.02. The van der Waals surface area contributed by atoms with Gasteiger partial charge in [0.25, 0.3) is 0 Å². The van der Waals surface area contributed by atoms with Crippen LogP contribution in [0.2, 0.25) is 0 Å². The molecule has 0 radical (unpaired) electrons. The number of hydrogen-bond donors (Lipinski definition) is 1. The lowest BCUT2D eigenvalue weighted by Gasteiger charge is -1.99. The number of aromatic amines is 1. The molecule has 0 spiro atoms. The Hall–Kier alpha value is -2.09. The predicted molar refractivity (Wildman–Crippen MR) is 66.3 cm³/mol. The summed E-state index contributed by atoms with van der Waals surface area (Å²) >= 11 is 0. The van der Waals surface area contributed by atoms with Gasteiger partial charge in [-0.25, -0.2) is 0 Å². The van der Waals surface area contributed by atoms with Crippen molar-refractivity contribution in [1.29, 1.82) is 0 Å². The van der Waals surface area contributed by atoms with Crippen molar-refractivity contribution in [3.8, 4) is 11.3 Å². The van der Waals surface area contributed by atoms with Gasteiger partial charge in [-0.05, 0) is 19.1 Å². The first-order valence-corrected chi connectivity index (χ1v) is 5.34. The minimum Gasteiger partial charge on any atom is -0.357 e. The van der Waals surface area contributed by atoms with Crippen molar-refractivity contribution in [3.63, 3.8) is 0 Å². The first-order valence-electron chi connectivity index (χ1n) is 5.34. The molecular weight excluding hydrogens is 196 g/mol. The van der Waals surface area contributed by atoms with E-state index in [9.17, 15) is 0 Å². The van der Waals surface area contributed by atoms with Crippen LogP contribution in [0.15, 0.2) is 48.7 Å². The molecule has 2 aromatic heterocycles. The molecule has 2 nitrogen and oxygen atoms in total. The average molecular weight is 208 g/mol. The lowest BCUT2D eigenvalue weighted by Crippen LogP contribution is -1.82. The number of hydrogen-bond acceptors (Lipinski definition) is 1. The van der Waals surface area contributed by atoms with E-state index in [2.05, 4.69) is 41.2 Å². The third-order valence-electron chi connectivity index (χ3n) is 2.71. The number of H-pyrrole nitrogens is 1. The van der Waals surface area contributed by atoms with Gasteiger partial charge in [-0.2, -0.15) is 0 Å². The van der Waals surface area contributed by atoms with Gasteiger partial charge in [-0.1, -0.05) is 30.3 Å². The molecule has 78 valence electrons. The van der Waals surface area contributed by atoms with E-state index in [4.69, 9.17) is 0 Å². The third-order valence-corrected chi connectivity index (χ3v) is 2.71. The molecule has 0 unspecified atom stereocenters. The zero-order chi connectivity index (χ0) is 11.0. The predicted octanol–water partition coefficient (Wildman–Crippen LogP) is 3.54. The quantitative estimate of drug-likeness (QED) is 0.651. The van der Waals surface area contributed by atoms with Crippen LogP contribution >= 0.6 is 0 Å². The number of fused-ring (bicyclic) bond motifs is 1. The number of rotatable bonds is 1. The molecule has 2 heterocycles. The lowest BCUT2D eigenvalue weighted by molar-refractivity contribution is 1.28. The highest BCUT2D eigenvalue weighted by Crippen LogP contribution is 2.21. The van der Waals surface area contributed by atoms with E-state index in [-0.39, 0.29) is 0 Å². The van der Waals surface area contributed by atoms with Gasteiger partial charge in [0.05, 0.1) is 17.4 Å². The van der Waals surface area contributed by atoms with E-state index < -0.39 is 0 Å². The van der Waals surface area contributed by atoms with Crippen LogP contribution in [-0.4, -0.2) is 9.97 Å². The molecule has 1 N–H and O–H groups in total. The number of pyridine rings is 1. The van der Waals surface area contributed by atoms with Crippen molar-refractivity contribution in [2.75, 3.05) is 0 Å². The van der Waals surface area contributed by atoms with Crippen LogP contribution in [0.1, 0.15) is 5.69 Å². The molecule has 0 atom stereocenters. The Morgan fingerprint density at radius 2 is 1.88 bits per heavy atom. The number of aromatic nitrogens is 2. The average Bonchev–Trinajstić information content (AvgIpc) is 2.69. The van der Waals surface area contributed by atoms with Crippen LogP contribution in [0.3, 0.4) is 0 Å². The van der Waals surface area contributed by atoms with E-state index in [1.807, 2.05) is 24.4 Å². The molecule has 3 rings (SSSR count). The molecule has 0 aliphatic heterocycles. The fourth-order valence-electron chi connectivity index (χ4n) is 1.94. The first kappa shape index (κ1) is 9.16. The molecular formula is C14H12N2. The molecule has 0 saturated heterocycles. The van der Waals surface area contributed by atoms with Crippen molar-refractivity contribution in [2.45, 2.75) is 6.92 Å². The maximum atomic E-state index is 4.46. The van der Waals surface area contributed by atoms with Crippen molar-refractivity contribution in [1.82, 2.24) is 9.97 Å². The van der Waals surface area contributed by atoms with E-state index >= 15 is 0 Å². The summed E-state index contributed by atoms with van der Waals surface area (Å²) in [5.74, 6) is 0. The van der Waals surface area contributed by atoms with E-state index in [1.165, 1.54) is 11.1 Å². The van der Waals surface area contributed by atoms with E-state index in [1.54, 1.807) is 0 Å². The molecule has 0 aliphatic rings. The van der Waals surface area contributed by atoms with Crippen LogP contribution in [0.25, 0.3) is 22.2 Å². The zero-order valence-corrected chi connectivity index (χ0v) is 9.07. The first-order chi connectivity index (χ1) is 7.83. The number of nitrogens with one attached hydrogen (secondary N) is 1. The fraction of sp³-hybridized carbons (Fsp3) is 0.0714. The molecule has 16 heavy (non-hydrogen) atoms. The van der Waals surface area contributed by atoms with Gasteiger partial charge < -0.3 is 4.98 Å². The highest BCUT2D eigenvalue weighted by molar-refractivity contribution is 5.83. The summed E-state index contributed by atoms with van der Waals surface area (Å²) in [4.78, 5) is 7.73. The smallest absolute Gasteiger partial charge is 0.0709 e. The van der Waals surface area contributed by atoms with Crippen LogP contribution in [0.4, 0.5) is 0 Å². The standard InChI is InChI=1S/C14H12N2/c1-10-7-12-8-13(15-9-14(12)16-10)11-5-3-2-4-6-11/h2-9,16H,1H3. The fourth-order valence-corrected chi connectivity index (χ4v) is 1.94. The summed E-state index contributed by atoms with van der Waals surface area (Å²) < 4.78 is 0. The number of nitrogens with zero attached hydrogens (tertiary/aromatic N) is 1. The Labute approximate surface area is 94.0 Å². The van der Waals surface area contributed by atoms with Gasteiger partial charge >= 0.3 is 0 Å². The van der Waals surface area contributed by atoms with Crippen molar-refractivity contribution in [2.24, 2.45) is 0 Å². The van der Waals surface area contributed by atoms with Crippen molar-refractivity contribution >= 4 is 10.9 Å². The molecule has 3 aromatic rings. The molecule has 1 aromatic carbocycles. The summed E-state index contributed by atoms with van der Waals surface area (Å²) in [7, 11) is 0. The Balaban J connectivity index is 2.18. The SMILES string of the molecule is Cc1cc2cc(-c3ccccc3)ncc2[nH]1. The normalized spacial score (nSPS) is 10.8. The Bertz CT molecular complexity index is 624. The molecule has 0 aliphatic carbocycles. The van der Waals surface area contributed by atoms with E-state index in [0.29, 0.717) is 0 Å². The maximum Gasteiger partial charge on any atom is 0.0709 e. The lowest BCUT2D eigenvalue weighted by atomic mass is 10.1. The van der Waals surface area contributed by atoms with Gasteiger partial charge in [-0.3, -0.25) is 4.98 Å². The van der Waals surface area contributed by atoms with Crippen LogP contribution in [-0.2, 0) is 0 Å². The van der Waals surface area contributed by atoms with Crippen LogP contribution in [0, 0.1) is 6.92 Å². The monoisotopic (exact) mass is 208 g/mol. The summed E-state index contributed by atoms with van der Waals surface area (Å²) in [6.45, 7) is 2.06. The molecule has 2 heteroatoms. The minimum absolute atomic E-state index is 1.02. The van der Waals surface area contributed by atoms with Crippen molar-refractivity contribution < 1.29 is 0 Å². The van der Waals surface area contributed by atoms with Gasteiger partial charge in [0.1, 0.15) is 0 Å². The summed E-state index contributed by atoms with van der Waals surface area (Å²) in [5.41, 5.74) is 4.44. The second kappa shape index (κ2) is 3.49. The second-order valence-electron chi connectivity index (χ2n) is 3.98. The Morgan fingerprint density at radius 3 is 2.69 bits per heavy atom. The zero-order valence-electron chi connectivity index (χ0n) is 9.07. The number of aryl methyl sites for hydroxylation is 1. The largest absolute Gasteiger partial charge is 0.357 e. The molecule has 0 bridgehead atoms. The highest BCUT2D eigenvalue weighted by atomic mass is 14.8. The van der Waals surface area contributed by atoms with Crippen molar-refractivity contribution in [3.05, 3.63) is 54.4 Å². The van der Waals surface area contributed by atoms with Gasteiger partial charge in [0, 0.05) is 16.6 Å². The Kier molecular flexibility index (Phi) is 2.00. The maximum absolute atomic E-state index is 4.46. The molecule has 0 fully saturated rings. The summed E-state index contributed by atoms with van der Waals surface area (Å²) in [6.07, 6.45) is 1.89. The van der Waals surface area contributed by atoms with E-state index in [0.717, 1.165) is 16.8 Å². The summed E-state index contributed by atoms with van der Waals surface area (Å²) in [6, 6.07) is 14.5. The third kappa shape index (κ3) is 1.48. The van der Waals surface area contributed by atoms with Gasteiger partial charge in [0.15, 0.2) is 0 Å². The molecule has 0 amide bonds. The topological polar surface area (TPSA) is 28.7 Å². The highest BCUT2D eigenvalue weighted by Gasteiger charge is 2.02. The Morgan fingerprint density at radius 1 is 1.06 bits per heavy atom. The van der Waals surface area contributed by atoms with Crippen LogP contribution < -0.4 is 0 Å². The molecule has 0 saturated carbocycles. The number of benzene rings is 1. The summed E-state index contributed by atoms with van der Waals surface area (Å²) in [5, 5.41) is 1.21.